The lowest BCUT2D eigenvalue weighted by Gasteiger charge is -2.11. The van der Waals surface area contributed by atoms with Crippen LogP contribution in [0.4, 0.5) is 0 Å². The van der Waals surface area contributed by atoms with Crippen molar-refractivity contribution in [2.75, 3.05) is 27.4 Å². The number of hydrogen-bond acceptors (Lipinski definition) is 5. The number of benzene rings is 1. The zero-order valence-corrected chi connectivity index (χ0v) is 14.4. The maximum absolute atomic E-state index is 11.5. The van der Waals surface area contributed by atoms with Crippen LogP contribution in [0.25, 0.3) is 0 Å². The molecule has 0 unspecified atom stereocenters. The van der Waals surface area contributed by atoms with Crippen molar-refractivity contribution in [1.82, 2.24) is 0 Å². The molecule has 24 heavy (non-hydrogen) atoms. The molecule has 0 aliphatic heterocycles. The van der Waals surface area contributed by atoms with E-state index in [1.54, 1.807) is 0 Å². The van der Waals surface area contributed by atoms with E-state index in [1.807, 2.05) is 30.4 Å². The van der Waals surface area contributed by atoms with Crippen molar-refractivity contribution in [3.63, 3.8) is 0 Å². The number of allylic oxidation sites excluding steroid dienone is 1. The highest BCUT2D eigenvalue weighted by atomic mass is 16.5. The molecule has 1 rings (SSSR count). The SMILES string of the molecule is COC(=O)C(CCC/C=C/COCCc1ccccc1)C(=O)OC. The van der Waals surface area contributed by atoms with E-state index in [0.717, 1.165) is 12.8 Å². The van der Waals surface area contributed by atoms with E-state index >= 15 is 0 Å². The van der Waals surface area contributed by atoms with Crippen LogP contribution >= 0.6 is 0 Å². The number of carbonyl (C=O) groups is 2. The highest BCUT2D eigenvalue weighted by molar-refractivity contribution is 5.94. The van der Waals surface area contributed by atoms with Gasteiger partial charge in [-0.15, -0.1) is 0 Å². The second-order valence-electron chi connectivity index (χ2n) is 5.31. The van der Waals surface area contributed by atoms with Crippen LogP contribution < -0.4 is 0 Å². The quantitative estimate of drug-likeness (QED) is 0.269. The fourth-order valence-corrected chi connectivity index (χ4v) is 2.23. The van der Waals surface area contributed by atoms with Crippen molar-refractivity contribution in [3.05, 3.63) is 48.0 Å². The predicted molar refractivity (Wildman–Crippen MR) is 91.5 cm³/mol. The minimum absolute atomic E-state index is 0.415. The van der Waals surface area contributed by atoms with Crippen LogP contribution in [0.5, 0.6) is 0 Å². The third kappa shape index (κ3) is 7.92. The molecule has 0 amide bonds. The summed E-state index contributed by atoms with van der Waals surface area (Å²) < 4.78 is 14.8. The Hall–Kier alpha value is -2.14. The Morgan fingerprint density at radius 3 is 2.33 bits per heavy atom. The summed E-state index contributed by atoms with van der Waals surface area (Å²) in [5.41, 5.74) is 1.26. The summed E-state index contributed by atoms with van der Waals surface area (Å²) in [4.78, 5) is 23.0. The lowest BCUT2D eigenvalue weighted by molar-refractivity contribution is -0.159. The van der Waals surface area contributed by atoms with Crippen LogP contribution in [0.3, 0.4) is 0 Å². The Balaban J connectivity index is 2.12. The first-order valence-electron chi connectivity index (χ1n) is 8.11. The summed E-state index contributed by atoms with van der Waals surface area (Å²) in [7, 11) is 2.54. The number of ether oxygens (including phenoxy) is 3. The van der Waals surface area contributed by atoms with E-state index in [1.165, 1.54) is 19.8 Å². The van der Waals surface area contributed by atoms with E-state index in [9.17, 15) is 9.59 Å². The van der Waals surface area contributed by atoms with Gasteiger partial charge in [-0.05, 0) is 31.2 Å². The van der Waals surface area contributed by atoms with E-state index in [2.05, 4.69) is 21.6 Å². The Bertz CT molecular complexity index is 494. The molecule has 0 atom stereocenters. The van der Waals surface area contributed by atoms with Crippen LogP contribution in [-0.4, -0.2) is 39.4 Å². The standard InChI is InChI=1S/C19H26O5/c1-22-18(20)17(19(21)23-2)12-8-3-4-9-14-24-15-13-16-10-6-5-7-11-16/h4-7,9-11,17H,3,8,12-15H2,1-2H3/b9-4+. The molecule has 1 aromatic rings. The van der Waals surface area contributed by atoms with Gasteiger partial charge >= 0.3 is 11.9 Å². The molecule has 0 radical (unpaired) electrons. The predicted octanol–water partition coefficient (Wildman–Crippen LogP) is 2.93. The molecule has 132 valence electrons. The van der Waals surface area contributed by atoms with Crippen LogP contribution in [0.2, 0.25) is 0 Å². The van der Waals surface area contributed by atoms with E-state index in [0.29, 0.717) is 26.1 Å². The molecule has 0 aliphatic rings. The first kappa shape index (κ1) is 19.9. The van der Waals surface area contributed by atoms with Crippen LogP contribution in [-0.2, 0) is 30.2 Å². The first-order valence-corrected chi connectivity index (χ1v) is 8.11. The Labute approximate surface area is 143 Å². The van der Waals surface area contributed by atoms with Crippen LogP contribution in [0.1, 0.15) is 24.8 Å². The molecule has 0 saturated heterocycles. The summed E-state index contributed by atoms with van der Waals surface area (Å²) in [6.45, 7) is 1.24. The molecule has 0 N–H and O–H groups in total. The lowest BCUT2D eigenvalue weighted by atomic mass is 10.0. The van der Waals surface area contributed by atoms with Crippen molar-refractivity contribution in [3.8, 4) is 0 Å². The minimum atomic E-state index is -0.837. The molecular weight excluding hydrogens is 308 g/mol. The van der Waals surface area contributed by atoms with Gasteiger partial charge in [0, 0.05) is 0 Å². The molecule has 0 fully saturated rings. The fourth-order valence-electron chi connectivity index (χ4n) is 2.23. The largest absolute Gasteiger partial charge is 0.468 e. The maximum atomic E-state index is 11.5. The minimum Gasteiger partial charge on any atom is -0.468 e. The van der Waals surface area contributed by atoms with Gasteiger partial charge in [-0.25, -0.2) is 0 Å². The topological polar surface area (TPSA) is 61.8 Å². The average molecular weight is 334 g/mol. The zero-order chi connectivity index (χ0) is 17.6. The highest BCUT2D eigenvalue weighted by Crippen LogP contribution is 2.12. The average Bonchev–Trinajstić information content (AvgIpc) is 2.63. The molecule has 0 aliphatic carbocycles. The first-order chi connectivity index (χ1) is 11.7. The van der Waals surface area contributed by atoms with Crippen LogP contribution in [0.15, 0.2) is 42.5 Å². The van der Waals surface area contributed by atoms with E-state index in [4.69, 9.17) is 4.74 Å². The Morgan fingerprint density at radius 1 is 1.04 bits per heavy atom. The fraction of sp³-hybridized carbons (Fsp3) is 0.474. The summed E-state index contributed by atoms with van der Waals surface area (Å²) in [5.74, 6) is -1.93. The van der Waals surface area contributed by atoms with E-state index in [-0.39, 0.29) is 0 Å². The number of methoxy groups -OCH3 is 2. The van der Waals surface area contributed by atoms with Crippen molar-refractivity contribution in [2.45, 2.75) is 25.7 Å². The van der Waals surface area contributed by atoms with E-state index < -0.39 is 17.9 Å². The molecule has 0 saturated carbocycles. The molecule has 0 aromatic heterocycles. The number of rotatable bonds is 11. The third-order valence-corrected chi connectivity index (χ3v) is 3.59. The zero-order valence-electron chi connectivity index (χ0n) is 14.4. The van der Waals surface area contributed by atoms with Gasteiger partial charge in [-0.3, -0.25) is 9.59 Å². The second kappa shape index (κ2) is 12.3. The summed E-state index contributed by atoms with van der Waals surface area (Å²) in [6.07, 6.45) is 6.74. The highest BCUT2D eigenvalue weighted by Gasteiger charge is 2.27. The van der Waals surface area contributed by atoms with Gasteiger partial charge in [0.15, 0.2) is 5.92 Å². The number of hydrogen-bond donors (Lipinski definition) is 0. The van der Waals surface area contributed by atoms with Crippen molar-refractivity contribution in [2.24, 2.45) is 5.92 Å². The summed E-state index contributed by atoms with van der Waals surface area (Å²) in [5, 5.41) is 0. The summed E-state index contributed by atoms with van der Waals surface area (Å²) in [6, 6.07) is 10.2. The number of carbonyl (C=O) groups excluding carboxylic acids is 2. The van der Waals surface area contributed by atoms with Gasteiger partial charge in [0.2, 0.25) is 0 Å². The molecule has 0 spiro atoms. The summed E-state index contributed by atoms with van der Waals surface area (Å²) >= 11 is 0. The third-order valence-electron chi connectivity index (χ3n) is 3.59. The van der Waals surface area contributed by atoms with Gasteiger partial charge in [-0.1, -0.05) is 42.5 Å². The Morgan fingerprint density at radius 2 is 1.71 bits per heavy atom. The number of unbranched alkanes of at least 4 members (excludes halogenated alkanes) is 1. The van der Waals surface area contributed by atoms with Crippen molar-refractivity contribution >= 4 is 11.9 Å². The van der Waals surface area contributed by atoms with Gasteiger partial charge in [0.25, 0.3) is 0 Å². The molecular formula is C19H26O5. The molecule has 5 nitrogen and oxygen atoms in total. The molecule has 0 heterocycles. The normalized spacial score (nSPS) is 11.0. The molecule has 5 heteroatoms. The monoisotopic (exact) mass is 334 g/mol. The Kier molecular flexibility index (Phi) is 10.2. The van der Waals surface area contributed by atoms with Crippen molar-refractivity contribution < 1.29 is 23.8 Å². The van der Waals surface area contributed by atoms with Gasteiger partial charge in [-0.2, -0.15) is 0 Å². The van der Waals surface area contributed by atoms with Crippen LogP contribution in [0, 0.1) is 5.92 Å². The smallest absolute Gasteiger partial charge is 0.320 e. The van der Waals surface area contributed by atoms with Gasteiger partial charge in [0.05, 0.1) is 27.4 Å². The number of esters is 2. The lowest BCUT2D eigenvalue weighted by Crippen LogP contribution is -2.26. The second-order valence-corrected chi connectivity index (χ2v) is 5.31. The molecule has 1 aromatic carbocycles. The molecule has 0 bridgehead atoms. The maximum Gasteiger partial charge on any atom is 0.320 e. The van der Waals surface area contributed by atoms with Crippen molar-refractivity contribution in [1.29, 1.82) is 0 Å². The van der Waals surface area contributed by atoms with Gasteiger partial charge < -0.3 is 14.2 Å². The van der Waals surface area contributed by atoms with Gasteiger partial charge in [0.1, 0.15) is 0 Å².